The molecule has 0 saturated heterocycles. The summed E-state index contributed by atoms with van der Waals surface area (Å²) >= 11 is 0. The fourth-order valence-corrected chi connectivity index (χ4v) is 2.86. The first-order chi connectivity index (χ1) is 13.3. The summed E-state index contributed by atoms with van der Waals surface area (Å²) in [5, 5.41) is 16.9. The summed E-state index contributed by atoms with van der Waals surface area (Å²) in [6.45, 7) is 0.463. The minimum atomic E-state index is 0.0362. The molecule has 0 atom stereocenters. The maximum Gasteiger partial charge on any atom is 0.159 e. The molecular formula is C21H19N5O. The van der Waals surface area contributed by atoms with Gasteiger partial charge in [-0.1, -0.05) is 60.7 Å². The minimum absolute atomic E-state index is 0.0362. The van der Waals surface area contributed by atoms with Gasteiger partial charge in [0.25, 0.3) is 0 Å². The van der Waals surface area contributed by atoms with Gasteiger partial charge in [-0.2, -0.15) is 5.10 Å². The van der Waals surface area contributed by atoms with Gasteiger partial charge in [-0.15, -0.1) is 0 Å². The highest BCUT2D eigenvalue weighted by molar-refractivity contribution is 5.70. The molecule has 2 heterocycles. The lowest BCUT2D eigenvalue weighted by Gasteiger charge is -2.08. The lowest BCUT2D eigenvalue weighted by Crippen LogP contribution is -2.09. The van der Waals surface area contributed by atoms with Crippen molar-refractivity contribution in [1.29, 1.82) is 0 Å². The van der Waals surface area contributed by atoms with Crippen molar-refractivity contribution in [3.8, 4) is 28.3 Å². The fraction of sp³-hybridized carbons (Fsp3) is 0.0952. The molecule has 0 aliphatic heterocycles. The van der Waals surface area contributed by atoms with E-state index in [1.54, 1.807) is 0 Å². The van der Waals surface area contributed by atoms with Crippen LogP contribution in [0.2, 0.25) is 0 Å². The van der Waals surface area contributed by atoms with Gasteiger partial charge in [0.05, 0.1) is 18.0 Å². The van der Waals surface area contributed by atoms with Crippen LogP contribution in [0.3, 0.4) is 0 Å². The maximum absolute atomic E-state index is 9.01. The number of hydrogen-bond acceptors (Lipinski definition) is 5. The predicted octanol–water partition coefficient (Wildman–Crippen LogP) is 3.40. The van der Waals surface area contributed by atoms with Gasteiger partial charge in [0.1, 0.15) is 12.1 Å². The average Bonchev–Trinajstić information content (AvgIpc) is 3.19. The molecule has 6 heteroatoms. The minimum Gasteiger partial charge on any atom is -0.395 e. The van der Waals surface area contributed by atoms with Crippen LogP contribution in [-0.2, 0) is 0 Å². The quantitative estimate of drug-likeness (QED) is 0.553. The van der Waals surface area contributed by atoms with Crippen LogP contribution in [0.25, 0.3) is 28.3 Å². The van der Waals surface area contributed by atoms with Crippen LogP contribution in [0.4, 0.5) is 5.82 Å². The van der Waals surface area contributed by atoms with Crippen LogP contribution >= 0.6 is 0 Å². The smallest absolute Gasteiger partial charge is 0.159 e. The number of aromatic nitrogens is 4. The molecule has 0 amide bonds. The van der Waals surface area contributed by atoms with Crippen LogP contribution in [0.1, 0.15) is 0 Å². The maximum atomic E-state index is 9.01. The largest absolute Gasteiger partial charge is 0.395 e. The van der Waals surface area contributed by atoms with Crippen molar-refractivity contribution < 1.29 is 5.11 Å². The van der Waals surface area contributed by atoms with E-state index in [0.717, 1.165) is 22.5 Å². The fourth-order valence-electron chi connectivity index (χ4n) is 2.86. The van der Waals surface area contributed by atoms with E-state index in [4.69, 9.17) is 10.2 Å². The summed E-state index contributed by atoms with van der Waals surface area (Å²) in [5.41, 5.74) is 3.91. The number of hydrogen-bond donors (Lipinski definition) is 2. The molecule has 0 saturated carbocycles. The first-order valence-corrected chi connectivity index (χ1v) is 8.73. The lowest BCUT2D eigenvalue weighted by atomic mass is 10.1. The lowest BCUT2D eigenvalue weighted by molar-refractivity contribution is 0.311. The first-order valence-electron chi connectivity index (χ1n) is 8.73. The zero-order chi connectivity index (χ0) is 18.5. The molecule has 0 bridgehead atoms. The van der Waals surface area contributed by atoms with Gasteiger partial charge in [0, 0.05) is 23.7 Å². The topological polar surface area (TPSA) is 75.9 Å². The molecule has 2 N–H and O–H groups in total. The SMILES string of the molecule is OCCNc1cc(-n2nc(-c3ccccc3)cc2-c2ccccc2)ncn1. The normalized spacial score (nSPS) is 10.7. The van der Waals surface area contributed by atoms with Crippen molar-refractivity contribution in [3.63, 3.8) is 0 Å². The second-order valence-electron chi connectivity index (χ2n) is 5.97. The average molecular weight is 357 g/mol. The zero-order valence-electron chi connectivity index (χ0n) is 14.7. The number of anilines is 1. The molecule has 0 radical (unpaired) electrons. The summed E-state index contributed by atoms with van der Waals surface area (Å²) in [6.07, 6.45) is 1.49. The van der Waals surface area contributed by atoms with E-state index < -0.39 is 0 Å². The van der Waals surface area contributed by atoms with Crippen LogP contribution in [-0.4, -0.2) is 38.0 Å². The van der Waals surface area contributed by atoms with E-state index in [9.17, 15) is 0 Å². The predicted molar refractivity (Wildman–Crippen MR) is 106 cm³/mol. The van der Waals surface area contributed by atoms with Crippen molar-refractivity contribution in [3.05, 3.63) is 79.1 Å². The van der Waals surface area contributed by atoms with Crippen molar-refractivity contribution in [2.75, 3.05) is 18.5 Å². The summed E-state index contributed by atoms with van der Waals surface area (Å²) < 4.78 is 1.82. The molecule has 0 fully saturated rings. The molecule has 2 aromatic carbocycles. The number of aliphatic hydroxyl groups excluding tert-OH is 1. The van der Waals surface area contributed by atoms with Gasteiger partial charge >= 0.3 is 0 Å². The Bertz CT molecular complexity index is 1020. The molecule has 0 spiro atoms. The van der Waals surface area contributed by atoms with Crippen LogP contribution in [0, 0.1) is 0 Å². The Kier molecular flexibility index (Phi) is 4.89. The molecule has 4 aromatic rings. The number of aliphatic hydroxyl groups is 1. The van der Waals surface area contributed by atoms with Gasteiger partial charge < -0.3 is 10.4 Å². The molecule has 6 nitrogen and oxygen atoms in total. The van der Waals surface area contributed by atoms with E-state index in [1.807, 2.05) is 71.4 Å². The van der Waals surface area contributed by atoms with E-state index >= 15 is 0 Å². The molecule has 0 aliphatic carbocycles. The van der Waals surface area contributed by atoms with Crippen molar-refractivity contribution >= 4 is 5.82 Å². The van der Waals surface area contributed by atoms with Gasteiger partial charge in [-0.3, -0.25) is 0 Å². The van der Waals surface area contributed by atoms with Gasteiger partial charge in [-0.05, 0) is 6.07 Å². The van der Waals surface area contributed by atoms with E-state index in [2.05, 4.69) is 21.4 Å². The third-order valence-electron chi connectivity index (χ3n) is 4.14. The second kappa shape index (κ2) is 7.80. The molecule has 2 aromatic heterocycles. The Hall–Kier alpha value is -3.51. The van der Waals surface area contributed by atoms with Crippen LogP contribution in [0.5, 0.6) is 0 Å². The summed E-state index contributed by atoms with van der Waals surface area (Å²) in [6, 6.07) is 24.0. The highest BCUT2D eigenvalue weighted by Gasteiger charge is 2.14. The third kappa shape index (κ3) is 3.70. The summed E-state index contributed by atoms with van der Waals surface area (Å²) in [7, 11) is 0. The molecule has 134 valence electrons. The van der Waals surface area contributed by atoms with Crippen molar-refractivity contribution in [2.45, 2.75) is 0 Å². The van der Waals surface area contributed by atoms with Crippen LogP contribution in [0.15, 0.2) is 79.1 Å². The number of benzene rings is 2. The van der Waals surface area contributed by atoms with E-state index in [1.165, 1.54) is 6.33 Å². The summed E-state index contributed by atoms with van der Waals surface area (Å²) in [4.78, 5) is 8.59. The standard InChI is InChI=1S/C21H19N5O/c27-12-11-22-20-14-21(24-15-23-20)26-19(17-9-5-2-6-10-17)13-18(25-26)16-7-3-1-4-8-16/h1-10,13-15,27H,11-12H2,(H,22,23,24). The molecule has 4 rings (SSSR count). The molecular weight excluding hydrogens is 338 g/mol. The monoisotopic (exact) mass is 357 g/mol. The highest BCUT2D eigenvalue weighted by atomic mass is 16.3. The van der Waals surface area contributed by atoms with E-state index in [-0.39, 0.29) is 6.61 Å². The molecule has 27 heavy (non-hydrogen) atoms. The van der Waals surface area contributed by atoms with Crippen molar-refractivity contribution in [2.24, 2.45) is 0 Å². The van der Waals surface area contributed by atoms with Crippen molar-refractivity contribution in [1.82, 2.24) is 19.7 Å². The van der Waals surface area contributed by atoms with Gasteiger partial charge in [-0.25, -0.2) is 14.6 Å². The van der Waals surface area contributed by atoms with Crippen LogP contribution < -0.4 is 5.32 Å². The second-order valence-corrected chi connectivity index (χ2v) is 5.97. The zero-order valence-corrected chi connectivity index (χ0v) is 14.7. The molecule has 0 aliphatic rings. The third-order valence-corrected chi connectivity index (χ3v) is 4.14. The Morgan fingerprint density at radius 3 is 2.26 bits per heavy atom. The Labute approximate surface area is 157 Å². The number of nitrogens with zero attached hydrogens (tertiary/aromatic N) is 4. The summed E-state index contributed by atoms with van der Waals surface area (Å²) in [5.74, 6) is 1.30. The number of nitrogens with one attached hydrogen (secondary N) is 1. The molecule has 0 unspecified atom stereocenters. The van der Waals surface area contributed by atoms with Gasteiger partial charge in [0.15, 0.2) is 5.82 Å². The first kappa shape index (κ1) is 16.9. The van der Waals surface area contributed by atoms with E-state index in [0.29, 0.717) is 18.2 Å². The van der Waals surface area contributed by atoms with Gasteiger partial charge in [0.2, 0.25) is 0 Å². The highest BCUT2D eigenvalue weighted by Crippen LogP contribution is 2.28. The Balaban J connectivity index is 1.83. The number of rotatable bonds is 6. The Morgan fingerprint density at radius 1 is 0.852 bits per heavy atom. The Morgan fingerprint density at radius 2 is 1.56 bits per heavy atom.